The standard InChI is InChI=1S/C13H19BO4/c15-14(16)12-6-4-11(5-7-12)8-10-18-13-3-1-2-9-17-13/h4-7,13,15-16H,1-3,8-10H2/t13-/m0/s1. The molecular weight excluding hydrogens is 231 g/mol. The molecular formula is C13H19BO4. The van der Waals surface area contributed by atoms with Gasteiger partial charge in [0.25, 0.3) is 0 Å². The minimum absolute atomic E-state index is 0.0442. The first kappa shape index (κ1) is 13.6. The molecule has 0 amide bonds. The summed E-state index contributed by atoms with van der Waals surface area (Å²) in [6.07, 6.45) is 4.05. The molecule has 0 radical (unpaired) electrons. The van der Waals surface area contributed by atoms with E-state index in [1.165, 1.54) is 6.42 Å². The molecule has 1 saturated heterocycles. The van der Waals surface area contributed by atoms with Crippen LogP contribution in [0.1, 0.15) is 24.8 Å². The Balaban J connectivity index is 1.72. The van der Waals surface area contributed by atoms with E-state index in [1.54, 1.807) is 12.1 Å². The highest BCUT2D eigenvalue weighted by Gasteiger charge is 2.14. The molecule has 2 rings (SSSR count). The third-order valence-corrected chi connectivity index (χ3v) is 3.11. The maximum Gasteiger partial charge on any atom is 0.488 e. The molecule has 5 heteroatoms. The van der Waals surface area contributed by atoms with Gasteiger partial charge in [0.2, 0.25) is 0 Å². The molecule has 1 fully saturated rings. The summed E-state index contributed by atoms with van der Waals surface area (Å²) >= 11 is 0. The Morgan fingerprint density at radius 3 is 2.61 bits per heavy atom. The van der Waals surface area contributed by atoms with Crippen molar-refractivity contribution in [2.75, 3.05) is 13.2 Å². The zero-order chi connectivity index (χ0) is 12.8. The van der Waals surface area contributed by atoms with Crippen molar-refractivity contribution < 1.29 is 19.5 Å². The minimum atomic E-state index is -1.40. The Labute approximate surface area is 108 Å². The van der Waals surface area contributed by atoms with Gasteiger partial charge in [-0.25, -0.2) is 0 Å². The van der Waals surface area contributed by atoms with Gasteiger partial charge in [0.1, 0.15) is 0 Å². The Morgan fingerprint density at radius 2 is 2.00 bits per heavy atom. The Morgan fingerprint density at radius 1 is 1.22 bits per heavy atom. The first-order chi connectivity index (χ1) is 8.75. The van der Waals surface area contributed by atoms with Gasteiger partial charge in [-0.2, -0.15) is 0 Å². The smallest absolute Gasteiger partial charge is 0.423 e. The Hall–Kier alpha value is -0.875. The molecule has 1 aromatic carbocycles. The van der Waals surface area contributed by atoms with Crippen LogP contribution in [0.4, 0.5) is 0 Å². The second-order valence-corrected chi connectivity index (χ2v) is 4.53. The lowest BCUT2D eigenvalue weighted by Gasteiger charge is -2.22. The highest BCUT2D eigenvalue weighted by Crippen LogP contribution is 2.13. The molecule has 18 heavy (non-hydrogen) atoms. The third kappa shape index (κ3) is 4.10. The largest absolute Gasteiger partial charge is 0.488 e. The molecule has 1 aliphatic rings. The highest BCUT2D eigenvalue weighted by molar-refractivity contribution is 6.58. The van der Waals surface area contributed by atoms with Crippen LogP contribution in [0.15, 0.2) is 24.3 Å². The summed E-state index contributed by atoms with van der Waals surface area (Å²) in [6.45, 7) is 1.43. The molecule has 1 atom stereocenters. The summed E-state index contributed by atoms with van der Waals surface area (Å²) < 4.78 is 11.1. The molecule has 1 aliphatic heterocycles. The summed E-state index contributed by atoms with van der Waals surface area (Å²) in [5.74, 6) is 0. The molecule has 2 N–H and O–H groups in total. The molecule has 0 bridgehead atoms. The van der Waals surface area contributed by atoms with Crippen molar-refractivity contribution in [1.29, 1.82) is 0 Å². The van der Waals surface area contributed by atoms with E-state index in [2.05, 4.69) is 0 Å². The van der Waals surface area contributed by atoms with Crippen LogP contribution in [0.3, 0.4) is 0 Å². The van der Waals surface area contributed by atoms with E-state index in [-0.39, 0.29) is 6.29 Å². The van der Waals surface area contributed by atoms with Gasteiger partial charge in [-0.15, -0.1) is 0 Å². The lowest BCUT2D eigenvalue weighted by Crippen LogP contribution is -2.29. The number of rotatable bonds is 5. The zero-order valence-electron chi connectivity index (χ0n) is 10.4. The maximum atomic E-state index is 8.98. The lowest BCUT2D eigenvalue weighted by atomic mass is 9.80. The molecule has 1 aromatic rings. The van der Waals surface area contributed by atoms with Gasteiger partial charge in [-0.3, -0.25) is 0 Å². The molecule has 4 nitrogen and oxygen atoms in total. The number of hydrogen-bond donors (Lipinski definition) is 2. The molecule has 98 valence electrons. The fourth-order valence-electron chi connectivity index (χ4n) is 2.01. The van der Waals surface area contributed by atoms with Gasteiger partial charge >= 0.3 is 7.12 Å². The van der Waals surface area contributed by atoms with Gasteiger partial charge in [0, 0.05) is 6.61 Å². The monoisotopic (exact) mass is 250 g/mol. The summed E-state index contributed by atoms with van der Waals surface area (Å²) in [6, 6.07) is 7.22. The van der Waals surface area contributed by atoms with Crippen LogP contribution in [-0.2, 0) is 15.9 Å². The molecule has 1 heterocycles. The second kappa shape index (κ2) is 6.90. The number of benzene rings is 1. The van der Waals surface area contributed by atoms with Gasteiger partial charge in [0.15, 0.2) is 6.29 Å². The van der Waals surface area contributed by atoms with Gasteiger partial charge in [-0.05, 0) is 36.7 Å². The summed E-state index contributed by atoms with van der Waals surface area (Å²) in [4.78, 5) is 0. The summed E-state index contributed by atoms with van der Waals surface area (Å²) in [5.41, 5.74) is 1.63. The van der Waals surface area contributed by atoms with Crippen LogP contribution in [0.5, 0.6) is 0 Å². The predicted molar refractivity (Wildman–Crippen MR) is 69.5 cm³/mol. The second-order valence-electron chi connectivity index (χ2n) is 4.53. The van der Waals surface area contributed by atoms with E-state index in [4.69, 9.17) is 19.5 Å². The van der Waals surface area contributed by atoms with E-state index in [9.17, 15) is 0 Å². The van der Waals surface area contributed by atoms with Gasteiger partial charge in [-0.1, -0.05) is 24.3 Å². The van der Waals surface area contributed by atoms with Crippen LogP contribution >= 0.6 is 0 Å². The van der Waals surface area contributed by atoms with Crippen molar-refractivity contribution in [2.45, 2.75) is 32.0 Å². The molecule has 0 aliphatic carbocycles. The number of ether oxygens (including phenoxy) is 2. The molecule has 0 aromatic heterocycles. The minimum Gasteiger partial charge on any atom is -0.423 e. The molecule has 0 saturated carbocycles. The normalized spacial score (nSPS) is 19.8. The topological polar surface area (TPSA) is 58.9 Å². The average Bonchev–Trinajstić information content (AvgIpc) is 2.40. The van der Waals surface area contributed by atoms with Crippen LogP contribution in [0, 0.1) is 0 Å². The Kier molecular flexibility index (Phi) is 5.19. The summed E-state index contributed by atoms with van der Waals surface area (Å²) in [7, 11) is -1.40. The first-order valence-electron chi connectivity index (χ1n) is 6.44. The fraction of sp³-hybridized carbons (Fsp3) is 0.538. The van der Waals surface area contributed by atoms with Crippen molar-refractivity contribution >= 4 is 12.6 Å². The lowest BCUT2D eigenvalue weighted by molar-refractivity contribution is -0.161. The van der Waals surface area contributed by atoms with Crippen molar-refractivity contribution in [3.63, 3.8) is 0 Å². The first-order valence-corrected chi connectivity index (χ1v) is 6.44. The van der Waals surface area contributed by atoms with E-state index in [0.29, 0.717) is 12.1 Å². The van der Waals surface area contributed by atoms with Crippen LogP contribution in [0.25, 0.3) is 0 Å². The highest BCUT2D eigenvalue weighted by atomic mass is 16.7. The predicted octanol–water partition coefficient (Wildman–Crippen LogP) is 0.452. The van der Waals surface area contributed by atoms with Gasteiger partial charge in [0.05, 0.1) is 6.61 Å². The van der Waals surface area contributed by atoms with E-state index in [0.717, 1.165) is 31.4 Å². The fourth-order valence-corrected chi connectivity index (χ4v) is 2.01. The number of hydrogen-bond acceptors (Lipinski definition) is 4. The third-order valence-electron chi connectivity index (χ3n) is 3.11. The van der Waals surface area contributed by atoms with E-state index in [1.807, 2.05) is 12.1 Å². The van der Waals surface area contributed by atoms with Crippen molar-refractivity contribution in [3.05, 3.63) is 29.8 Å². The van der Waals surface area contributed by atoms with E-state index < -0.39 is 7.12 Å². The SMILES string of the molecule is OB(O)c1ccc(CCO[C@H]2CCCCO2)cc1. The van der Waals surface area contributed by atoms with Crippen LogP contribution in [-0.4, -0.2) is 36.7 Å². The van der Waals surface area contributed by atoms with E-state index >= 15 is 0 Å². The van der Waals surface area contributed by atoms with Gasteiger partial charge < -0.3 is 19.5 Å². The maximum absolute atomic E-state index is 8.98. The average molecular weight is 250 g/mol. The van der Waals surface area contributed by atoms with Crippen molar-refractivity contribution in [3.8, 4) is 0 Å². The molecule has 0 unspecified atom stereocenters. The van der Waals surface area contributed by atoms with Crippen LogP contribution in [0.2, 0.25) is 0 Å². The van der Waals surface area contributed by atoms with Crippen molar-refractivity contribution in [2.24, 2.45) is 0 Å². The van der Waals surface area contributed by atoms with Crippen molar-refractivity contribution in [1.82, 2.24) is 0 Å². The zero-order valence-corrected chi connectivity index (χ0v) is 10.4. The summed E-state index contributed by atoms with van der Waals surface area (Å²) in [5, 5.41) is 18.0. The quantitative estimate of drug-likeness (QED) is 0.745. The van der Waals surface area contributed by atoms with Crippen LogP contribution < -0.4 is 5.46 Å². The molecule has 0 spiro atoms. The Bertz CT molecular complexity index is 347.